The van der Waals surface area contributed by atoms with E-state index in [2.05, 4.69) is 20.4 Å². The fourth-order valence-electron chi connectivity index (χ4n) is 3.74. The first-order valence-corrected chi connectivity index (χ1v) is 12.6. The van der Waals surface area contributed by atoms with Gasteiger partial charge in [0.2, 0.25) is 0 Å². The van der Waals surface area contributed by atoms with Crippen LogP contribution in [0, 0.1) is 6.92 Å². The SMILES string of the molecule is Cc1cc(Nc2cc(N3CC(N)C3)nc3c(-c4cnn(C)c4)cnn23)sc1S(=O)(=O)N(C)C. The Bertz CT molecular complexity index is 1450. The molecule has 4 aromatic rings. The number of aromatic nitrogens is 5. The molecule has 11 nitrogen and oxygen atoms in total. The average molecular weight is 488 g/mol. The highest BCUT2D eigenvalue weighted by Gasteiger charge is 2.27. The van der Waals surface area contributed by atoms with Crippen LogP contribution in [0.4, 0.5) is 16.6 Å². The maximum Gasteiger partial charge on any atom is 0.252 e. The number of hydrogen-bond acceptors (Lipinski definition) is 9. The summed E-state index contributed by atoms with van der Waals surface area (Å²) in [5.41, 5.74) is 9.13. The van der Waals surface area contributed by atoms with Gasteiger partial charge in [-0.05, 0) is 18.6 Å². The summed E-state index contributed by atoms with van der Waals surface area (Å²) in [5, 5.41) is 12.9. The van der Waals surface area contributed by atoms with Gasteiger partial charge in [-0.3, -0.25) is 4.68 Å². The number of hydrogen-bond donors (Lipinski definition) is 2. The van der Waals surface area contributed by atoms with Crippen molar-refractivity contribution >= 4 is 43.6 Å². The molecule has 1 fully saturated rings. The van der Waals surface area contributed by atoms with Gasteiger partial charge in [0.05, 0.1) is 17.4 Å². The lowest BCUT2D eigenvalue weighted by atomic mass is 10.1. The number of nitrogens with one attached hydrogen (secondary N) is 1. The average Bonchev–Trinajstić information content (AvgIpc) is 3.43. The molecule has 0 amide bonds. The number of fused-ring (bicyclic) bond motifs is 1. The van der Waals surface area contributed by atoms with Crippen molar-refractivity contribution in [2.45, 2.75) is 17.2 Å². The monoisotopic (exact) mass is 487 g/mol. The van der Waals surface area contributed by atoms with Gasteiger partial charge in [0, 0.05) is 63.7 Å². The van der Waals surface area contributed by atoms with E-state index in [9.17, 15) is 8.42 Å². The molecule has 33 heavy (non-hydrogen) atoms. The van der Waals surface area contributed by atoms with Gasteiger partial charge in [0.15, 0.2) is 5.65 Å². The van der Waals surface area contributed by atoms with Crippen molar-refractivity contribution in [3.63, 3.8) is 0 Å². The molecule has 0 saturated carbocycles. The van der Waals surface area contributed by atoms with E-state index in [0.29, 0.717) is 26.2 Å². The first-order valence-electron chi connectivity index (χ1n) is 10.3. The second-order valence-electron chi connectivity index (χ2n) is 8.35. The zero-order valence-electron chi connectivity index (χ0n) is 18.7. The molecule has 0 aliphatic carbocycles. The molecular weight excluding hydrogens is 462 g/mol. The maximum absolute atomic E-state index is 12.7. The van der Waals surface area contributed by atoms with Crippen LogP contribution in [0.3, 0.4) is 0 Å². The first-order chi connectivity index (χ1) is 15.6. The summed E-state index contributed by atoms with van der Waals surface area (Å²) < 4.78 is 30.3. The van der Waals surface area contributed by atoms with Crippen molar-refractivity contribution in [3.05, 3.63) is 36.3 Å². The number of thiophene rings is 1. The lowest BCUT2D eigenvalue weighted by molar-refractivity contribution is 0.514. The molecule has 174 valence electrons. The molecule has 0 atom stereocenters. The van der Waals surface area contributed by atoms with Crippen LogP contribution in [0.25, 0.3) is 16.8 Å². The lowest BCUT2D eigenvalue weighted by Gasteiger charge is -2.38. The fraction of sp³-hybridized carbons (Fsp3) is 0.350. The van der Waals surface area contributed by atoms with E-state index in [-0.39, 0.29) is 6.04 Å². The smallest absolute Gasteiger partial charge is 0.252 e. The molecule has 1 saturated heterocycles. The number of aryl methyl sites for hydroxylation is 2. The Labute approximate surface area is 195 Å². The van der Waals surface area contributed by atoms with Gasteiger partial charge in [-0.15, -0.1) is 11.3 Å². The van der Waals surface area contributed by atoms with E-state index >= 15 is 0 Å². The number of anilines is 3. The number of nitrogens with two attached hydrogens (primary N) is 1. The Hall–Kier alpha value is -3.00. The van der Waals surface area contributed by atoms with Crippen molar-refractivity contribution < 1.29 is 8.42 Å². The van der Waals surface area contributed by atoms with Crippen LogP contribution in [0.15, 0.2) is 34.9 Å². The second-order valence-corrected chi connectivity index (χ2v) is 11.8. The predicted octanol–water partition coefficient (Wildman–Crippen LogP) is 1.64. The highest BCUT2D eigenvalue weighted by Crippen LogP contribution is 2.35. The van der Waals surface area contributed by atoms with Gasteiger partial charge in [-0.25, -0.2) is 17.7 Å². The van der Waals surface area contributed by atoms with E-state index < -0.39 is 10.0 Å². The summed E-state index contributed by atoms with van der Waals surface area (Å²) in [4.78, 5) is 6.97. The third kappa shape index (κ3) is 3.76. The number of sulfonamides is 1. The minimum atomic E-state index is -3.53. The van der Waals surface area contributed by atoms with E-state index in [4.69, 9.17) is 10.7 Å². The fourth-order valence-corrected chi connectivity index (χ4v) is 6.49. The second kappa shape index (κ2) is 7.80. The molecule has 1 aliphatic rings. The van der Waals surface area contributed by atoms with Crippen LogP contribution in [-0.4, -0.2) is 70.3 Å². The summed E-state index contributed by atoms with van der Waals surface area (Å²) in [6.45, 7) is 3.24. The van der Waals surface area contributed by atoms with Crippen LogP contribution in [0.5, 0.6) is 0 Å². The van der Waals surface area contributed by atoms with E-state index in [0.717, 1.165) is 30.0 Å². The summed E-state index contributed by atoms with van der Waals surface area (Å²) in [7, 11) is 1.39. The van der Waals surface area contributed by atoms with Crippen LogP contribution < -0.4 is 16.0 Å². The highest BCUT2D eigenvalue weighted by atomic mass is 32.2. The van der Waals surface area contributed by atoms with Gasteiger partial charge < -0.3 is 16.0 Å². The van der Waals surface area contributed by atoms with Crippen molar-refractivity contribution in [2.24, 2.45) is 12.8 Å². The Morgan fingerprint density at radius 2 is 1.97 bits per heavy atom. The van der Waals surface area contributed by atoms with Crippen molar-refractivity contribution in [1.82, 2.24) is 28.7 Å². The molecule has 0 bridgehead atoms. The van der Waals surface area contributed by atoms with Gasteiger partial charge >= 0.3 is 0 Å². The van der Waals surface area contributed by atoms with E-state index in [1.807, 2.05) is 25.4 Å². The van der Waals surface area contributed by atoms with Crippen LogP contribution in [0.2, 0.25) is 0 Å². The van der Waals surface area contributed by atoms with Crippen LogP contribution >= 0.6 is 11.3 Å². The Morgan fingerprint density at radius 3 is 2.61 bits per heavy atom. The van der Waals surface area contributed by atoms with Gasteiger partial charge in [-0.1, -0.05) is 0 Å². The lowest BCUT2D eigenvalue weighted by Crippen LogP contribution is -2.56. The largest absolute Gasteiger partial charge is 0.353 e. The number of rotatable bonds is 6. The van der Waals surface area contributed by atoms with Crippen molar-refractivity contribution in [3.8, 4) is 11.1 Å². The molecule has 0 radical (unpaired) electrons. The first kappa shape index (κ1) is 21.8. The maximum atomic E-state index is 12.7. The molecule has 4 aromatic heterocycles. The van der Waals surface area contributed by atoms with E-state index in [1.165, 1.54) is 29.7 Å². The molecule has 13 heteroatoms. The molecule has 0 unspecified atom stereocenters. The van der Waals surface area contributed by atoms with Crippen LogP contribution in [0.1, 0.15) is 5.56 Å². The summed E-state index contributed by atoms with van der Waals surface area (Å²) in [5.74, 6) is 1.47. The molecular formula is C20H25N9O2S2. The minimum absolute atomic E-state index is 0.126. The van der Waals surface area contributed by atoms with Gasteiger partial charge in [0.25, 0.3) is 10.0 Å². The summed E-state index contributed by atoms with van der Waals surface area (Å²) in [6.07, 6.45) is 5.45. The quantitative estimate of drug-likeness (QED) is 0.420. The Balaban J connectivity index is 1.60. The van der Waals surface area contributed by atoms with Gasteiger partial charge in [0.1, 0.15) is 15.8 Å². The Kier molecular flexibility index (Phi) is 5.16. The van der Waals surface area contributed by atoms with Gasteiger partial charge in [-0.2, -0.15) is 14.7 Å². The molecule has 5 rings (SSSR count). The predicted molar refractivity (Wildman–Crippen MR) is 129 cm³/mol. The van der Waals surface area contributed by atoms with E-state index in [1.54, 1.807) is 28.5 Å². The molecule has 0 aromatic carbocycles. The molecule has 0 spiro atoms. The summed E-state index contributed by atoms with van der Waals surface area (Å²) >= 11 is 1.19. The summed E-state index contributed by atoms with van der Waals surface area (Å²) in [6, 6.07) is 3.87. The third-order valence-electron chi connectivity index (χ3n) is 5.55. The molecule has 5 heterocycles. The van der Waals surface area contributed by atoms with Crippen molar-refractivity contribution in [2.75, 3.05) is 37.4 Å². The number of nitrogens with zero attached hydrogens (tertiary/aromatic N) is 7. The third-order valence-corrected chi connectivity index (χ3v) is 9.13. The highest BCUT2D eigenvalue weighted by molar-refractivity contribution is 7.91. The molecule has 1 aliphatic heterocycles. The van der Waals surface area contributed by atoms with Crippen molar-refractivity contribution in [1.29, 1.82) is 0 Å². The zero-order chi connectivity index (χ0) is 23.5. The normalized spacial score (nSPS) is 14.9. The zero-order valence-corrected chi connectivity index (χ0v) is 20.4. The van der Waals surface area contributed by atoms with Crippen LogP contribution in [-0.2, 0) is 17.1 Å². The molecule has 3 N–H and O–H groups in total. The minimum Gasteiger partial charge on any atom is -0.353 e. The topological polar surface area (TPSA) is 127 Å². The Morgan fingerprint density at radius 1 is 1.21 bits per heavy atom. The standard InChI is InChI=1S/C20H25N9O2S2/c1-12-5-18(32-20(12)33(30,31)26(2)3)24-17-6-16(28-10-14(21)11-28)25-19-15(8-23-29(17)19)13-7-22-27(4)9-13/h5-9,14,24H,10-11,21H2,1-4H3.